The van der Waals surface area contributed by atoms with Gasteiger partial charge in [-0.25, -0.2) is 4.98 Å². The molecule has 0 saturated heterocycles. The van der Waals surface area contributed by atoms with E-state index in [-0.39, 0.29) is 23.3 Å². The number of aromatic nitrogens is 2. The number of hydrogen-bond donors (Lipinski definition) is 1. The molecule has 0 unspecified atom stereocenters. The number of benzene rings is 1. The second kappa shape index (κ2) is 8.24. The Balaban J connectivity index is 1.80. The molecule has 0 aliphatic rings. The van der Waals surface area contributed by atoms with E-state index in [1.165, 1.54) is 23.1 Å². The largest absolute Gasteiger partial charge is 0.325 e. The Morgan fingerprint density at radius 3 is 2.77 bits per heavy atom. The highest BCUT2D eigenvalue weighted by Crippen LogP contribution is 2.24. The molecule has 5 nitrogen and oxygen atoms in total. The number of thioether (sulfide) groups is 1. The molecule has 0 radical (unpaired) electrons. The van der Waals surface area contributed by atoms with Crippen molar-refractivity contribution >= 4 is 56.5 Å². The summed E-state index contributed by atoms with van der Waals surface area (Å²) in [5, 5.41) is 5.87. The van der Waals surface area contributed by atoms with Gasteiger partial charge in [0.2, 0.25) is 5.91 Å². The average molecular weight is 408 g/mol. The van der Waals surface area contributed by atoms with Crippen molar-refractivity contribution in [3.05, 3.63) is 51.1 Å². The van der Waals surface area contributed by atoms with Crippen LogP contribution in [0.3, 0.4) is 0 Å². The monoisotopic (exact) mass is 407 g/mol. The van der Waals surface area contributed by atoms with Crippen LogP contribution in [0.25, 0.3) is 10.2 Å². The van der Waals surface area contributed by atoms with Crippen molar-refractivity contribution in [1.82, 2.24) is 9.55 Å². The molecule has 8 heteroatoms. The van der Waals surface area contributed by atoms with Crippen LogP contribution in [0.15, 0.2) is 45.7 Å². The van der Waals surface area contributed by atoms with Crippen LogP contribution < -0.4 is 10.9 Å². The third kappa shape index (κ3) is 4.11. The Labute approximate surface area is 164 Å². The Bertz CT molecular complexity index is 982. The van der Waals surface area contributed by atoms with Gasteiger partial charge in [-0.2, -0.15) is 0 Å². The first-order valence-electron chi connectivity index (χ1n) is 8.17. The predicted octanol–water partition coefficient (Wildman–Crippen LogP) is 4.81. The van der Waals surface area contributed by atoms with Gasteiger partial charge in [0.05, 0.1) is 11.3 Å². The van der Waals surface area contributed by atoms with E-state index in [1.807, 2.05) is 25.3 Å². The lowest BCUT2D eigenvalue weighted by molar-refractivity contribution is -0.113. The molecule has 136 valence electrons. The fourth-order valence-corrected chi connectivity index (χ4v) is 4.23. The molecule has 3 aromatic rings. The van der Waals surface area contributed by atoms with Gasteiger partial charge >= 0.3 is 0 Å². The summed E-state index contributed by atoms with van der Waals surface area (Å²) in [6.45, 7) is 4.01. The van der Waals surface area contributed by atoms with Crippen molar-refractivity contribution in [3.8, 4) is 0 Å². The number of carbonyl (C=O) groups excluding carboxylic acids is 1. The van der Waals surface area contributed by atoms with Crippen LogP contribution in [-0.4, -0.2) is 21.2 Å². The smallest absolute Gasteiger partial charge is 0.272 e. The summed E-state index contributed by atoms with van der Waals surface area (Å²) in [7, 11) is 0. The van der Waals surface area contributed by atoms with Crippen LogP contribution in [0, 0.1) is 0 Å². The Morgan fingerprint density at radius 2 is 2.08 bits per heavy atom. The Morgan fingerprint density at radius 1 is 1.35 bits per heavy atom. The van der Waals surface area contributed by atoms with Gasteiger partial charge < -0.3 is 5.32 Å². The number of anilines is 1. The summed E-state index contributed by atoms with van der Waals surface area (Å²) in [4.78, 5) is 29.6. The van der Waals surface area contributed by atoms with Crippen LogP contribution in [-0.2, 0) is 4.79 Å². The van der Waals surface area contributed by atoms with Crippen LogP contribution in [0.4, 0.5) is 5.69 Å². The van der Waals surface area contributed by atoms with Gasteiger partial charge in [0.25, 0.3) is 5.56 Å². The summed E-state index contributed by atoms with van der Waals surface area (Å²) in [6, 6.07) is 8.78. The summed E-state index contributed by atoms with van der Waals surface area (Å²) >= 11 is 8.52. The summed E-state index contributed by atoms with van der Waals surface area (Å²) < 4.78 is 2.35. The molecule has 0 spiro atoms. The van der Waals surface area contributed by atoms with E-state index in [2.05, 4.69) is 10.3 Å². The number of thiophene rings is 1. The number of nitrogens with one attached hydrogen (secondary N) is 1. The summed E-state index contributed by atoms with van der Waals surface area (Å²) in [5.41, 5.74) is 1.32. The van der Waals surface area contributed by atoms with Crippen molar-refractivity contribution in [2.75, 3.05) is 11.1 Å². The zero-order chi connectivity index (χ0) is 18.7. The molecule has 0 bridgehead atoms. The lowest BCUT2D eigenvalue weighted by Crippen LogP contribution is -2.26. The number of rotatable bonds is 6. The van der Waals surface area contributed by atoms with Crippen molar-refractivity contribution in [3.63, 3.8) is 0 Å². The molecule has 0 aliphatic heterocycles. The molecule has 0 saturated carbocycles. The molecule has 1 N–H and O–H groups in total. The molecule has 0 fully saturated rings. The van der Waals surface area contributed by atoms with Gasteiger partial charge in [-0.15, -0.1) is 11.3 Å². The van der Waals surface area contributed by atoms with Gasteiger partial charge in [0, 0.05) is 16.8 Å². The molecule has 1 atom stereocenters. The molecule has 26 heavy (non-hydrogen) atoms. The quantitative estimate of drug-likeness (QED) is 0.470. The van der Waals surface area contributed by atoms with Crippen LogP contribution in [0.2, 0.25) is 5.02 Å². The topological polar surface area (TPSA) is 64.0 Å². The molecule has 0 aliphatic carbocycles. The number of hydrogen-bond acceptors (Lipinski definition) is 5. The van der Waals surface area contributed by atoms with Gasteiger partial charge in [0.1, 0.15) is 4.70 Å². The maximum Gasteiger partial charge on any atom is 0.272 e. The second-order valence-electron chi connectivity index (χ2n) is 5.81. The number of carbonyl (C=O) groups is 1. The first kappa shape index (κ1) is 18.9. The summed E-state index contributed by atoms with van der Waals surface area (Å²) in [6.07, 6.45) is 0.809. The standard InChI is InChI=1S/C18H18ClN3O2S2/c1-3-11(2)22-17(24)16-14(8-9-25-16)21-18(22)26-10-15(23)20-13-6-4-12(19)5-7-13/h4-9,11H,3,10H2,1-2H3,(H,20,23)/t11-/m0/s1. The lowest BCUT2D eigenvalue weighted by atomic mass is 10.2. The first-order chi connectivity index (χ1) is 12.5. The number of halogens is 1. The number of nitrogens with zero attached hydrogens (tertiary/aromatic N) is 2. The zero-order valence-corrected chi connectivity index (χ0v) is 16.7. The third-order valence-electron chi connectivity index (χ3n) is 3.97. The van der Waals surface area contributed by atoms with Crippen LogP contribution in [0.1, 0.15) is 26.3 Å². The van der Waals surface area contributed by atoms with Crippen LogP contribution in [0.5, 0.6) is 0 Å². The minimum absolute atomic E-state index is 0.0170. The molecule has 3 rings (SSSR count). The van der Waals surface area contributed by atoms with Crippen LogP contribution >= 0.6 is 34.7 Å². The van der Waals surface area contributed by atoms with E-state index < -0.39 is 0 Å². The third-order valence-corrected chi connectivity index (χ3v) is 6.07. The van der Waals surface area contributed by atoms with E-state index >= 15 is 0 Å². The molecule has 1 aromatic carbocycles. The van der Waals surface area contributed by atoms with Crippen molar-refractivity contribution in [2.24, 2.45) is 0 Å². The van der Waals surface area contributed by atoms with E-state index in [9.17, 15) is 9.59 Å². The lowest BCUT2D eigenvalue weighted by Gasteiger charge is -2.17. The minimum Gasteiger partial charge on any atom is -0.325 e. The van der Waals surface area contributed by atoms with Crippen molar-refractivity contribution in [1.29, 1.82) is 0 Å². The fraction of sp³-hybridized carbons (Fsp3) is 0.278. The molecule has 2 heterocycles. The summed E-state index contributed by atoms with van der Waals surface area (Å²) in [5.74, 6) is 0.00825. The predicted molar refractivity (Wildman–Crippen MR) is 110 cm³/mol. The van der Waals surface area contributed by atoms with Gasteiger partial charge in [-0.3, -0.25) is 14.2 Å². The first-order valence-corrected chi connectivity index (χ1v) is 10.4. The van der Waals surface area contributed by atoms with Gasteiger partial charge in [0.15, 0.2) is 5.16 Å². The maximum atomic E-state index is 12.8. The highest BCUT2D eigenvalue weighted by atomic mass is 35.5. The second-order valence-corrected chi connectivity index (χ2v) is 8.10. The average Bonchev–Trinajstić information content (AvgIpc) is 3.10. The van der Waals surface area contributed by atoms with E-state index in [0.29, 0.717) is 26.1 Å². The number of amides is 1. The Hall–Kier alpha value is -1.83. The molecular weight excluding hydrogens is 390 g/mol. The van der Waals surface area contributed by atoms with Gasteiger partial charge in [-0.1, -0.05) is 30.3 Å². The maximum absolute atomic E-state index is 12.8. The molecule has 1 amide bonds. The Kier molecular flexibility index (Phi) is 6.01. The van der Waals surface area contributed by atoms with Crippen molar-refractivity contribution in [2.45, 2.75) is 31.5 Å². The number of fused-ring (bicyclic) bond motifs is 1. The highest BCUT2D eigenvalue weighted by Gasteiger charge is 2.17. The molecule has 2 aromatic heterocycles. The van der Waals surface area contributed by atoms with E-state index in [1.54, 1.807) is 28.8 Å². The fourth-order valence-electron chi connectivity index (χ4n) is 2.44. The minimum atomic E-state index is -0.160. The highest BCUT2D eigenvalue weighted by molar-refractivity contribution is 7.99. The molecular formula is C18H18ClN3O2S2. The van der Waals surface area contributed by atoms with Gasteiger partial charge in [-0.05, 0) is 49.1 Å². The normalized spacial score (nSPS) is 12.3. The van der Waals surface area contributed by atoms with E-state index in [4.69, 9.17) is 11.6 Å². The zero-order valence-electron chi connectivity index (χ0n) is 14.4. The van der Waals surface area contributed by atoms with Crippen molar-refractivity contribution < 1.29 is 4.79 Å². The SMILES string of the molecule is CC[C@H](C)n1c(SCC(=O)Nc2ccc(Cl)cc2)nc2ccsc2c1=O. The van der Waals surface area contributed by atoms with E-state index in [0.717, 1.165) is 6.42 Å².